The summed E-state index contributed by atoms with van der Waals surface area (Å²) >= 11 is 7.59. The van der Waals surface area contributed by atoms with Crippen molar-refractivity contribution >= 4 is 29.3 Å². The predicted molar refractivity (Wildman–Crippen MR) is 109 cm³/mol. The molecule has 3 aromatic rings. The molecule has 0 radical (unpaired) electrons. The fraction of sp³-hybridized carbons (Fsp3) is 0.250. The lowest BCUT2D eigenvalue weighted by Crippen LogP contribution is -2.05. The Bertz CT molecular complexity index is 979. The number of halogens is 1. The van der Waals surface area contributed by atoms with Crippen molar-refractivity contribution in [2.75, 3.05) is 20.0 Å². The van der Waals surface area contributed by atoms with Crippen molar-refractivity contribution in [3.63, 3.8) is 0 Å². The van der Waals surface area contributed by atoms with Gasteiger partial charge in [0.25, 0.3) is 5.89 Å². The molecule has 7 nitrogen and oxygen atoms in total. The second-order valence-corrected chi connectivity index (χ2v) is 7.31. The number of benzene rings is 2. The summed E-state index contributed by atoms with van der Waals surface area (Å²) in [6, 6.07) is 12.7. The molecule has 0 saturated heterocycles. The minimum absolute atomic E-state index is 0.0962. The van der Waals surface area contributed by atoms with Crippen LogP contribution in [-0.4, -0.2) is 36.1 Å². The van der Waals surface area contributed by atoms with Gasteiger partial charge in [-0.25, -0.2) is 0 Å². The first-order valence-corrected chi connectivity index (χ1v) is 10.0. The van der Waals surface area contributed by atoms with Gasteiger partial charge in [0.1, 0.15) is 11.5 Å². The summed E-state index contributed by atoms with van der Waals surface area (Å²) in [6.07, 6.45) is 0.239. The van der Waals surface area contributed by atoms with Gasteiger partial charge in [-0.1, -0.05) is 28.9 Å². The number of ether oxygens (including phenoxy) is 3. The molecule has 0 fully saturated rings. The molecule has 152 valence electrons. The first kappa shape index (κ1) is 21.0. The molecule has 0 aliphatic carbocycles. The fourth-order valence-electron chi connectivity index (χ4n) is 2.43. The SMILES string of the molecule is COc1ccc(-c2noc(COC(=O)CCSc3ccccc3Cl)n2)c(OC)c1. The lowest BCUT2D eigenvalue weighted by Gasteiger charge is -2.07. The molecule has 0 spiro atoms. The van der Waals surface area contributed by atoms with Crippen LogP contribution >= 0.6 is 23.4 Å². The summed E-state index contributed by atoms with van der Waals surface area (Å²) in [5, 5.41) is 4.59. The van der Waals surface area contributed by atoms with Crippen LogP contribution in [0.4, 0.5) is 0 Å². The van der Waals surface area contributed by atoms with E-state index < -0.39 is 0 Å². The van der Waals surface area contributed by atoms with E-state index in [1.165, 1.54) is 11.8 Å². The fourth-order valence-corrected chi connectivity index (χ4v) is 3.60. The summed E-state index contributed by atoms with van der Waals surface area (Å²) < 4.78 is 20.9. The van der Waals surface area contributed by atoms with Gasteiger partial charge < -0.3 is 18.7 Å². The van der Waals surface area contributed by atoms with Crippen molar-refractivity contribution in [2.45, 2.75) is 17.9 Å². The highest BCUT2D eigenvalue weighted by atomic mass is 35.5. The van der Waals surface area contributed by atoms with Crippen LogP contribution in [0.3, 0.4) is 0 Å². The van der Waals surface area contributed by atoms with Crippen LogP contribution in [0.1, 0.15) is 12.3 Å². The molecular weight excluding hydrogens is 416 g/mol. The van der Waals surface area contributed by atoms with Gasteiger partial charge in [0.15, 0.2) is 6.61 Å². The number of methoxy groups -OCH3 is 2. The molecule has 0 aliphatic heterocycles. The molecule has 0 atom stereocenters. The van der Waals surface area contributed by atoms with E-state index in [9.17, 15) is 4.79 Å². The molecule has 1 aromatic heterocycles. The maximum Gasteiger partial charge on any atom is 0.307 e. The second-order valence-electron chi connectivity index (χ2n) is 5.77. The Balaban J connectivity index is 1.51. The highest BCUT2D eigenvalue weighted by molar-refractivity contribution is 7.99. The predicted octanol–water partition coefficient (Wildman–Crippen LogP) is 4.63. The maximum atomic E-state index is 11.9. The zero-order valence-corrected chi connectivity index (χ0v) is 17.5. The minimum atomic E-state index is -0.355. The van der Waals surface area contributed by atoms with Crippen LogP contribution in [-0.2, 0) is 16.1 Å². The van der Waals surface area contributed by atoms with Crippen molar-refractivity contribution in [1.82, 2.24) is 10.1 Å². The molecule has 2 aromatic carbocycles. The van der Waals surface area contributed by atoms with E-state index >= 15 is 0 Å². The topological polar surface area (TPSA) is 83.7 Å². The minimum Gasteiger partial charge on any atom is -0.497 e. The van der Waals surface area contributed by atoms with E-state index in [4.69, 9.17) is 30.3 Å². The molecule has 0 amide bonds. The summed E-state index contributed by atoms with van der Waals surface area (Å²) in [5.41, 5.74) is 0.644. The highest BCUT2D eigenvalue weighted by Crippen LogP contribution is 2.31. The summed E-state index contributed by atoms with van der Waals surface area (Å²) in [5.74, 6) is 1.94. The van der Waals surface area contributed by atoms with Crippen LogP contribution in [0.15, 0.2) is 51.9 Å². The van der Waals surface area contributed by atoms with Crippen molar-refractivity contribution < 1.29 is 23.5 Å². The molecule has 0 bridgehead atoms. The Labute approximate surface area is 177 Å². The van der Waals surface area contributed by atoms with E-state index in [0.717, 1.165) is 4.90 Å². The van der Waals surface area contributed by atoms with Crippen LogP contribution < -0.4 is 9.47 Å². The van der Waals surface area contributed by atoms with E-state index in [1.54, 1.807) is 32.4 Å². The highest BCUT2D eigenvalue weighted by Gasteiger charge is 2.15. The number of rotatable bonds is 9. The Morgan fingerprint density at radius 1 is 1.17 bits per heavy atom. The third kappa shape index (κ3) is 5.65. The average Bonchev–Trinajstić information content (AvgIpc) is 3.22. The summed E-state index contributed by atoms with van der Waals surface area (Å²) in [6.45, 7) is -0.0962. The third-order valence-corrected chi connectivity index (χ3v) is 5.39. The Morgan fingerprint density at radius 3 is 2.76 bits per heavy atom. The van der Waals surface area contributed by atoms with Crippen LogP contribution in [0.2, 0.25) is 5.02 Å². The maximum absolute atomic E-state index is 11.9. The van der Waals surface area contributed by atoms with Gasteiger partial charge in [0.05, 0.1) is 31.2 Å². The Hall–Kier alpha value is -2.71. The van der Waals surface area contributed by atoms with E-state index in [0.29, 0.717) is 33.7 Å². The van der Waals surface area contributed by atoms with E-state index in [2.05, 4.69) is 10.1 Å². The van der Waals surface area contributed by atoms with Gasteiger partial charge in [0.2, 0.25) is 5.82 Å². The molecule has 0 saturated carbocycles. The molecular formula is C20H19ClN2O5S. The van der Waals surface area contributed by atoms with Crippen molar-refractivity contribution in [3.05, 3.63) is 53.4 Å². The van der Waals surface area contributed by atoms with Crippen LogP contribution in [0, 0.1) is 0 Å². The van der Waals surface area contributed by atoms with Crippen LogP contribution in [0.5, 0.6) is 11.5 Å². The van der Waals surface area contributed by atoms with Crippen molar-refractivity contribution in [3.8, 4) is 22.9 Å². The number of hydrogen-bond acceptors (Lipinski definition) is 8. The zero-order valence-electron chi connectivity index (χ0n) is 15.9. The van der Waals surface area contributed by atoms with Crippen molar-refractivity contribution in [2.24, 2.45) is 0 Å². The second kappa shape index (κ2) is 10.2. The first-order valence-electron chi connectivity index (χ1n) is 8.68. The molecule has 0 N–H and O–H groups in total. The number of carbonyl (C=O) groups excluding carboxylic acids is 1. The van der Waals surface area contributed by atoms with Gasteiger partial charge in [-0.3, -0.25) is 4.79 Å². The number of nitrogens with zero attached hydrogens (tertiary/aromatic N) is 2. The van der Waals surface area contributed by atoms with Gasteiger partial charge >= 0.3 is 5.97 Å². The number of carbonyl (C=O) groups is 1. The summed E-state index contributed by atoms with van der Waals surface area (Å²) in [7, 11) is 3.11. The molecule has 0 aliphatic rings. The number of esters is 1. The monoisotopic (exact) mass is 434 g/mol. The number of aromatic nitrogens is 2. The van der Waals surface area contributed by atoms with Gasteiger partial charge in [-0.15, -0.1) is 11.8 Å². The van der Waals surface area contributed by atoms with Crippen LogP contribution in [0.25, 0.3) is 11.4 Å². The Morgan fingerprint density at radius 2 is 2.00 bits per heavy atom. The smallest absolute Gasteiger partial charge is 0.307 e. The van der Waals surface area contributed by atoms with Gasteiger partial charge in [0, 0.05) is 16.7 Å². The van der Waals surface area contributed by atoms with Gasteiger partial charge in [-0.05, 0) is 24.3 Å². The lowest BCUT2D eigenvalue weighted by atomic mass is 10.2. The summed E-state index contributed by atoms with van der Waals surface area (Å²) in [4.78, 5) is 17.1. The van der Waals surface area contributed by atoms with E-state index in [1.807, 2.05) is 24.3 Å². The van der Waals surface area contributed by atoms with E-state index in [-0.39, 0.29) is 24.9 Å². The van der Waals surface area contributed by atoms with Crippen molar-refractivity contribution in [1.29, 1.82) is 0 Å². The van der Waals surface area contributed by atoms with Gasteiger partial charge in [-0.2, -0.15) is 4.98 Å². The standard InChI is InChI=1S/C20H19ClN2O5S/c1-25-13-7-8-14(16(11-13)26-2)20-22-18(28-23-20)12-27-19(24)9-10-29-17-6-4-3-5-15(17)21/h3-8,11H,9-10,12H2,1-2H3. The Kier molecular flexibility index (Phi) is 7.37. The third-order valence-electron chi connectivity index (χ3n) is 3.87. The molecule has 9 heteroatoms. The molecule has 3 rings (SSSR count). The number of hydrogen-bond donors (Lipinski definition) is 0. The molecule has 29 heavy (non-hydrogen) atoms. The largest absolute Gasteiger partial charge is 0.497 e. The zero-order chi connectivity index (χ0) is 20.6. The lowest BCUT2D eigenvalue weighted by molar-refractivity contribution is -0.145. The molecule has 1 heterocycles. The first-order chi connectivity index (χ1) is 14.1. The normalized spacial score (nSPS) is 10.6. The molecule has 0 unspecified atom stereocenters. The quantitative estimate of drug-likeness (QED) is 0.356. The number of thioether (sulfide) groups is 1. The average molecular weight is 435 g/mol.